The number of fused-ring (bicyclic) bond motifs is 1. The fourth-order valence-corrected chi connectivity index (χ4v) is 2.66. The zero-order chi connectivity index (χ0) is 18.1. The van der Waals surface area contributed by atoms with E-state index in [1.54, 1.807) is 44.6 Å². The number of benzene rings is 2. The van der Waals surface area contributed by atoms with Crippen LogP contribution in [0.3, 0.4) is 0 Å². The summed E-state index contributed by atoms with van der Waals surface area (Å²) in [4.78, 5) is 19.6. The van der Waals surface area contributed by atoms with Gasteiger partial charge in [-0.25, -0.2) is 0 Å². The molecule has 0 atom stereocenters. The Hall–Kier alpha value is -3.61. The number of methoxy groups -OCH3 is 2. The molecule has 0 bridgehead atoms. The van der Waals surface area contributed by atoms with Crippen LogP contribution in [-0.2, 0) is 0 Å². The van der Waals surface area contributed by atoms with Gasteiger partial charge < -0.3 is 19.0 Å². The number of aromatic nitrogens is 3. The van der Waals surface area contributed by atoms with E-state index in [9.17, 15) is 4.79 Å². The second-order valence-corrected chi connectivity index (χ2v) is 5.62. The monoisotopic (exact) mass is 349 g/mol. The van der Waals surface area contributed by atoms with Gasteiger partial charge >= 0.3 is 0 Å². The summed E-state index contributed by atoms with van der Waals surface area (Å²) in [5, 5.41) is 4.76. The van der Waals surface area contributed by atoms with E-state index in [0.29, 0.717) is 22.7 Å². The van der Waals surface area contributed by atoms with Gasteiger partial charge in [0.25, 0.3) is 11.4 Å². The Morgan fingerprint density at radius 1 is 0.962 bits per heavy atom. The van der Waals surface area contributed by atoms with Crippen LogP contribution in [0.25, 0.3) is 33.7 Å². The van der Waals surface area contributed by atoms with Crippen LogP contribution in [0.1, 0.15) is 0 Å². The molecule has 2 aromatic carbocycles. The van der Waals surface area contributed by atoms with Gasteiger partial charge in [-0.1, -0.05) is 5.16 Å². The number of pyridine rings is 1. The van der Waals surface area contributed by atoms with E-state index < -0.39 is 0 Å². The molecule has 7 nitrogen and oxygen atoms in total. The van der Waals surface area contributed by atoms with E-state index in [1.807, 2.05) is 18.2 Å². The minimum Gasteiger partial charge on any atom is -0.497 e. The fourth-order valence-electron chi connectivity index (χ4n) is 2.66. The lowest BCUT2D eigenvalue weighted by Crippen LogP contribution is -2.09. The second kappa shape index (κ2) is 6.36. The maximum Gasteiger partial charge on any atom is 0.259 e. The van der Waals surface area contributed by atoms with Gasteiger partial charge in [-0.05, 0) is 48.5 Å². The number of hydrogen-bond acceptors (Lipinski definition) is 6. The topological polar surface area (TPSA) is 90.2 Å². The largest absolute Gasteiger partial charge is 0.497 e. The van der Waals surface area contributed by atoms with Crippen molar-refractivity contribution in [3.63, 3.8) is 0 Å². The normalized spacial score (nSPS) is 10.8. The molecular formula is C19H15N3O4. The first kappa shape index (κ1) is 15.9. The summed E-state index contributed by atoms with van der Waals surface area (Å²) in [7, 11) is 3.19. The van der Waals surface area contributed by atoms with E-state index in [0.717, 1.165) is 16.7 Å². The molecule has 130 valence electrons. The van der Waals surface area contributed by atoms with Crippen molar-refractivity contribution in [2.24, 2.45) is 0 Å². The van der Waals surface area contributed by atoms with Crippen LogP contribution in [0.4, 0.5) is 0 Å². The molecule has 0 fully saturated rings. The molecule has 0 unspecified atom stereocenters. The third kappa shape index (κ3) is 2.79. The zero-order valence-corrected chi connectivity index (χ0v) is 14.1. The molecule has 4 aromatic rings. The average Bonchev–Trinajstić information content (AvgIpc) is 3.17. The van der Waals surface area contributed by atoms with E-state index in [-0.39, 0.29) is 11.4 Å². The molecule has 0 radical (unpaired) electrons. The molecule has 0 saturated carbocycles. The predicted octanol–water partition coefficient (Wildman–Crippen LogP) is 3.26. The van der Waals surface area contributed by atoms with Gasteiger partial charge in [0.05, 0.1) is 19.8 Å². The molecule has 0 aliphatic carbocycles. The number of aromatic amines is 1. The van der Waals surface area contributed by atoms with Crippen molar-refractivity contribution < 1.29 is 14.0 Å². The first-order valence-electron chi connectivity index (χ1n) is 7.87. The highest BCUT2D eigenvalue weighted by Crippen LogP contribution is 2.25. The molecule has 0 saturated heterocycles. The van der Waals surface area contributed by atoms with Gasteiger partial charge in [-0.2, -0.15) is 4.98 Å². The van der Waals surface area contributed by atoms with Crippen molar-refractivity contribution in [1.29, 1.82) is 0 Å². The molecule has 2 aromatic heterocycles. The lowest BCUT2D eigenvalue weighted by atomic mass is 10.1. The third-order valence-electron chi connectivity index (χ3n) is 4.06. The van der Waals surface area contributed by atoms with Crippen molar-refractivity contribution in [2.45, 2.75) is 0 Å². The summed E-state index contributed by atoms with van der Waals surface area (Å²) in [5.74, 6) is 1.98. The Bertz CT molecular complexity index is 1130. The predicted molar refractivity (Wildman–Crippen MR) is 96.4 cm³/mol. The number of hydrogen-bond donors (Lipinski definition) is 1. The lowest BCUT2D eigenvalue weighted by Gasteiger charge is -2.03. The van der Waals surface area contributed by atoms with Crippen LogP contribution < -0.4 is 15.0 Å². The molecule has 0 amide bonds. The summed E-state index contributed by atoms with van der Waals surface area (Å²) >= 11 is 0. The highest BCUT2D eigenvalue weighted by molar-refractivity contribution is 5.83. The Labute approximate surface area is 148 Å². The van der Waals surface area contributed by atoms with E-state index >= 15 is 0 Å². The summed E-state index contributed by atoms with van der Waals surface area (Å²) in [6, 6.07) is 14.4. The minimum atomic E-state index is -0.287. The Kier molecular flexibility index (Phi) is 3.89. The first-order chi connectivity index (χ1) is 12.7. The average molecular weight is 349 g/mol. The maximum absolute atomic E-state index is 12.4. The van der Waals surface area contributed by atoms with Gasteiger partial charge in [-0.15, -0.1) is 0 Å². The number of nitrogens with zero attached hydrogens (tertiary/aromatic N) is 2. The quantitative estimate of drug-likeness (QED) is 0.608. The molecule has 1 N–H and O–H groups in total. The SMILES string of the molecule is COc1ccc(-c2nc(-c3cc4cc(OC)ccc4[nH]c3=O)no2)cc1. The summed E-state index contributed by atoms with van der Waals surface area (Å²) < 4.78 is 15.7. The van der Waals surface area contributed by atoms with E-state index in [1.165, 1.54) is 0 Å². The molecule has 26 heavy (non-hydrogen) atoms. The van der Waals surface area contributed by atoms with E-state index in [2.05, 4.69) is 15.1 Å². The molecule has 0 spiro atoms. The molecule has 2 heterocycles. The van der Waals surface area contributed by atoms with Crippen LogP contribution in [-0.4, -0.2) is 29.3 Å². The Balaban J connectivity index is 1.76. The molecule has 0 aliphatic rings. The lowest BCUT2D eigenvalue weighted by molar-refractivity contribution is 0.414. The second-order valence-electron chi connectivity index (χ2n) is 5.62. The third-order valence-corrected chi connectivity index (χ3v) is 4.06. The van der Waals surface area contributed by atoms with Crippen LogP contribution >= 0.6 is 0 Å². The smallest absolute Gasteiger partial charge is 0.259 e. The van der Waals surface area contributed by atoms with E-state index in [4.69, 9.17) is 14.0 Å². The van der Waals surface area contributed by atoms with Gasteiger partial charge in [0, 0.05) is 16.5 Å². The van der Waals surface area contributed by atoms with Crippen molar-refractivity contribution in [3.05, 3.63) is 58.9 Å². The van der Waals surface area contributed by atoms with Crippen molar-refractivity contribution in [1.82, 2.24) is 15.1 Å². The van der Waals surface area contributed by atoms with Crippen molar-refractivity contribution >= 4 is 10.9 Å². The number of H-pyrrole nitrogens is 1. The summed E-state index contributed by atoms with van der Waals surface area (Å²) in [6.45, 7) is 0. The van der Waals surface area contributed by atoms with Gasteiger partial charge in [-0.3, -0.25) is 4.79 Å². The highest BCUT2D eigenvalue weighted by atomic mass is 16.5. The van der Waals surface area contributed by atoms with Gasteiger partial charge in [0.1, 0.15) is 11.5 Å². The Morgan fingerprint density at radius 3 is 2.42 bits per heavy atom. The fraction of sp³-hybridized carbons (Fsp3) is 0.105. The highest BCUT2D eigenvalue weighted by Gasteiger charge is 2.14. The number of nitrogens with one attached hydrogen (secondary N) is 1. The molecule has 4 rings (SSSR count). The van der Waals surface area contributed by atoms with Crippen LogP contribution in [0, 0.1) is 0 Å². The molecular weight excluding hydrogens is 334 g/mol. The van der Waals surface area contributed by atoms with Gasteiger partial charge in [0.15, 0.2) is 0 Å². The first-order valence-corrected chi connectivity index (χ1v) is 7.87. The minimum absolute atomic E-state index is 0.224. The standard InChI is InChI=1S/C19H15N3O4/c1-24-13-5-3-11(4-6-13)19-21-17(22-26-19)15-10-12-9-14(25-2)7-8-16(12)20-18(15)23/h3-10H,1-2H3,(H,20,23). The van der Waals surface area contributed by atoms with Gasteiger partial charge in [0.2, 0.25) is 5.82 Å². The number of rotatable bonds is 4. The van der Waals surface area contributed by atoms with Crippen molar-refractivity contribution in [2.75, 3.05) is 14.2 Å². The molecule has 0 aliphatic heterocycles. The zero-order valence-electron chi connectivity index (χ0n) is 14.1. The van der Waals surface area contributed by atoms with Crippen molar-refractivity contribution in [3.8, 4) is 34.3 Å². The summed E-state index contributed by atoms with van der Waals surface area (Å²) in [5.41, 5.74) is 1.49. The summed E-state index contributed by atoms with van der Waals surface area (Å²) in [6.07, 6.45) is 0. The maximum atomic E-state index is 12.4. The van der Waals surface area contributed by atoms with Crippen LogP contribution in [0.2, 0.25) is 0 Å². The number of ether oxygens (including phenoxy) is 2. The Morgan fingerprint density at radius 2 is 1.69 bits per heavy atom. The van der Waals surface area contributed by atoms with Crippen LogP contribution in [0.15, 0.2) is 57.8 Å². The van der Waals surface area contributed by atoms with Crippen LogP contribution in [0.5, 0.6) is 11.5 Å². The molecule has 7 heteroatoms.